The van der Waals surface area contributed by atoms with Gasteiger partial charge in [-0.3, -0.25) is 19.1 Å². The topological polar surface area (TPSA) is 85.3 Å². The number of aliphatic imine (C=N–C) groups is 1. The van der Waals surface area contributed by atoms with Crippen molar-refractivity contribution in [3.8, 4) is 0 Å². The molecule has 1 fully saturated rings. The zero-order valence-corrected chi connectivity index (χ0v) is 18.6. The molecule has 0 aromatic heterocycles. The molecule has 1 saturated heterocycles. The molecule has 31 heavy (non-hydrogen) atoms. The fraction of sp³-hybridized carbons (Fsp3) is 0.348. The van der Waals surface area contributed by atoms with Crippen molar-refractivity contribution in [1.29, 1.82) is 0 Å². The van der Waals surface area contributed by atoms with Crippen molar-refractivity contribution in [3.05, 3.63) is 65.7 Å². The van der Waals surface area contributed by atoms with Gasteiger partial charge in [0.05, 0.1) is 30.7 Å². The Kier molecular flexibility index (Phi) is 5.69. The second kappa shape index (κ2) is 8.15. The van der Waals surface area contributed by atoms with E-state index in [2.05, 4.69) is 4.99 Å². The Balaban J connectivity index is 1.89. The second-order valence-corrected chi connectivity index (χ2v) is 9.75. The first-order valence-corrected chi connectivity index (χ1v) is 11.9. The first-order valence-electron chi connectivity index (χ1n) is 10.3. The Hall–Kier alpha value is -2.60. The lowest BCUT2D eigenvalue weighted by molar-refractivity contribution is -0.123. The van der Waals surface area contributed by atoms with E-state index in [0.717, 1.165) is 5.56 Å². The average Bonchev–Trinajstić information content (AvgIpc) is 3.28. The van der Waals surface area contributed by atoms with Crippen LogP contribution in [-0.2, 0) is 28.5 Å². The fourth-order valence-electron chi connectivity index (χ4n) is 4.40. The van der Waals surface area contributed by atoms with Crippen LogP contribution in [0, 0.1) is 18.8 Å². The summed E-state index contributed by atoms with van der Waals surface area (Å²) in [5.41, 5.74) is 2.02. The van der Waals surface area contributed by atoms with Gasteiger partial charge in [-0.25, -0.2) is 4.90 Å². The lowest BCUT2D eigenvalue weighted by atomic mass is 9.87. The molecule has 8 heteroatoms. The Morgan fingerprint density at radius 2 is 1.58 bits per heavy atom. The molecule has 0 aliphatic carbocycles. The van der Waals surface area contributed by atoms with Gasteiger partial charge in [-0.2, -0.15) is 0 Å². The van der Waals surface area contributed by atoms with Gasteiger partial charge < -0.3 is 9.05 Å². The predicted molar refractivity (Wildman–Crippen MR) is 118 cm³/mol. The summed E-state index contributed by atoms with van der Waals surface area (Å²) in [5, 5.41) is -1.63. The largest absolute Gasteiger partial charge is 0.363 e. The lowest BCUT2D eigenvalue weighted by Gasteiger charge is -2.37. The number of hydrogen-bond donors (Lipinski definition) is 0. The quantitative estimate of drug-likeness (QED) is 0.473. The highest BCUT2D eigenvalue weighted by Gasteiger charge is 2.69. The molecule has 162 valence electrons. The zero-order chi connectivity index (χ0) is 22.2. The third-order valence-electron chi connectivity index (χ3n) is 5.72. The normalized spacial score (nSPS) is 25.3. The summed E-state index contributed by atoms with van der Waals surface area (Å²) in [6, 6.07) is 16.0. The second-order valence-electron chi connectivity index (χ2n) is 7.55. The van der Waals surface area contributed by atoms with Crippen LogP contribution in [0.3, 0.4) is 0 Å². The van der Waals surface area contributed by atoms with Crippen molar-refractivity contribution in [3.63, 3.8) is 0 Å². The number of fused-ring (bicyclic) bond motifs is 1. The standard InChI is InChI=1S/C23H25N2O5P/c1-4-29-31(28,30-5-2)23(17-9-7-6-8-10-17)20-19(15-24-23)21(26)25(22(20)27)18-13-11-16(3)12-14-18/h6-15,19-20H,4-5H2,1-3H3/t19-,20+,23+/m1/s1. The number of nitrogens with zero attached hydrogens (tertiary/aromatic N) is 2. The van der Waals surface area contributed by atoms with E-state index in [4.69, 9.17) is 9.05 Å². The number of benzene rings is 2. The summed E-state index contributed by atoms with van der Waals surface area (Å²) in [4.78, 5) is 32.7. The van der Waals surface area contributed by atoms with Gasteiger partial charge in [0.25, 0.3) is 0 Å². The summed E-state index contributed by atoms with van der Waals surface area (Å²) in [7, 11) is -3.98. The first kappa shape index (κ1) is 21.6. The molecule has 0 spiro atoms. The van der Waals surface area contributed by atoms with Gasteiger partial charge in [0, 0.05) is 6.21 Å². The minimum Gasteiger partial charge on any atom is -0.307 e. The van der Waals surface area contributed by atoms with Crippen LogP contribution < -0.4 is 4.90 Å². The van der Waals surface area contributed by atoms with Crippen molar-refractivity contribution in [2.24, 2.45) is 16.8 Å². The SMILES string of the molecule is CCOP(=O)(OCC)[C@]1(c2ccccc2)N=C[C@H]2C(=O)N(c3ccc(C)cc3)C(=O)[C@H]21. The molecule has 2 heterocycles. The molecule has 2 aromatic rings. The van der Waals surface area contributed by atoms with Gasteiger partial charge in [-0.15, -0.1) is 0 Å². The van der Waals surface area contributed by atoms with Crippen molar-refractivity contribution in [2.45, 2.75) is 26.1 Å². The number of amides is 2. The van der Waals surface area contributed by atoms with Crippen LogP contribution in [0.1, 0.15) is 25.0 Å². The molecule has 2 aliphatic heterocycles. The maximum Gasteiger partial charge on any atom is 0.363 e. The Labute approximate surface area is 181 Å². The molecule has 3 atom stereocenters. The van der Waals surface area contributed by atoms with E-state index in [0.29, 0.717) is 11.3 Å². The van der Waals surface area contributed by atoms with E-state index in [-0.39, 0.29) is 19.1 Å². The highest BCUT2D eigenvalue weighted by atomic mass is 31.2. The molecule has 4 rings (SSSR count). The number of anilines is 1. The molecule has 7 nitrogen and oxygen atoms in total. The van der Waals surface area contributed by atoms with Crippen LogP contribution in [0.5, 0.6) is 0 Å². The molecule has 0 radical (unpaired) electrons. The number of rotatable bonds is 7. The number of carbonyl (C=O) groups is 2. The zero-order valence-electron chi connectivity index (χ0n) is 17.7. The summed E-state index contributed by atoms with van der Waals surface area (Å²) >= 11 is 0. The van der Waals surface area contributed by atoms with Crippen LogP contribution in [0.4, 0.5) is 5.69 Å². The molecular formula is C23H25N2O5P. The van der Waals surface area contributed by atoms with Gasteiger partial charge >= 0.3 is 7.60 Å². The molecule has 2 amide bonds. The third kappa shape index (κ3) is 3.19. The highest BCUT2D eigenvalue weighted by molar-refractivity contribution is 7.55. The summed E-state index contributed by atoms with van der Waals surface area (Å²) in [5.74, 6) is -2.71. The van der Waals surface area contributed by atoms with Gasteiger partial charge in [0.15, 0.2) is 5.28 Å². The molecule has 0 unspecified atom stereocenters. The van der Waals surface area contributed by atoms with Crippen LogP contribution in [0.2, 0.25) is 0 Å². The molecule has 0 saturated carbocycles. The van der Waals surface area contributed by atoms with E-state index in [1.165, 1.54) is 11.1 Å². The molecular weight excluding hydrogens is 415 g/mol. The maximum atomic E-state index is 14.2. The number of imide groups is 1. The van der Waals surface area contributed by atoms with Crippen LogP contribution in [0.25, 0.3) is 0 Å². The van der Waals surface area contributed by atoms with Crippen molar-refractivity contribution in [1.82, 2.24) is 0 Å². The van der Waals surface area contributed by atoms with Crippen LogP contribution >= 0.6 is 7.60 Å². The highest BCUT2D eigenvalue weighted by Crippen LogP contribution is 2.72. The lowest BCUT2D eigenvalue weighted by Crippen LogP contribution is -2.40. The van der Waals surface area contributed by atoms with E-state index in [9.17, 15) is 14.2 Å². The third-order valence-corrected chi connectivity index (χ3v) is 8.41. The summed E-state index contributed by atoms with van der Waals surface area (Å²) < 4.78 is 25.6. The van der Waals surface area contributed by atoms with E-state index in [1.807, 2.05) is 25.1 Å². The Morgan fingerprint density at radius 3 is 2.16 bits per heavy atom. The van der Waals surface area contributed by atoms with E-state index in [1.54, 1.807) is 50.2 Å². The minimum absolute atomic E-state index is 0.114. The van der Waals surface area contributed by atoms with E-state index < -0.39 is 30.6 Å². The summed E-state index contributed by atoms with van der Waals surface area (Å²) in [6.07, 6.45) is 1.44. The van der Waals surface area contributed by atoms with Gasteiger partial charge in [-0.1, -0.05) is 48.0 Å². The van der Waals surface area contributed by atoms with E-state index >= 15 is 0 Å². The van der Waals surface area contributed by atoms with Gasteiger partial charge in [0.1, 0.15) is 0 Å². The maximum absolute atomic E-state index is 14.2. The van der Waals surface area contributed by atoms with Crippen LogP contribution in [-0.4, -0.2) is 31.2 Å². The Morgan fingerprint density at radius 1 is 0.968 bits per heavy atom. The minimum atomic E-state index is -3.98. The molecule has 0 N–H and O–H groups in total. The van der Waals surface area contributed by atoms with Gasteiger partial charge in [-0.05, 0) is 38.5 Å². The number of carbonyl (C=O) groups excluding carboxylic acids is 2. The van der Waals surface area contributed by atoms with Crippen LogP contribution in [0.15, 0.2) is 59.6 Å². The van der Waals surface area contributed by atoms with Crippen molar-refractivity contribution in [2.75, 3.05) is 18.1 Å². The average molecular weight is 440 g/mol. The Bertz CT molecular complexity index is 1060. The molecule has 2 aromatic carbocycles. The predicted octanol–water partition coefficient (Wildman–Crippen LogP) is 4.30. The van der Waals surface area contributed by atoms with Gasteiger partial charge in [0.2, 0.25) is 11.8 Å². The molecule has 0 bridgehead atoms. The number of aryl methyl sites for hydroxylation is 1. The first-order chi connectivity index (χ1) is 14.9. The number of hydrogen-bond acceptors (Lipinski definition) is 6. The summed E-state index contributed by atoms with van der Waals surface area (Å²) in [6.45, 7) is 5.58. The fourth-order valence-corrected chi connectivity index (χ4v) is 6.83. The monoisotopic (exact) mass is 440 g/mol. The van der Waals surface area contributed by atoms with Crippen molar-refractivity contribution >= 4 is 31.3 Å². The van der Waals surface area contributed by atoms with Crippen molar-refractivity contribution < 1.29 is 23.2 Å². The smallest absolute Gasteiger partial charge is 0.307 e. The molecule has 2 aliphatic rings.